The Balaban J connectivity index is 0.000000687. The SMILES string of the molecule is CC1=Cc2c(-c3cc4ccccc4c4ccccc34)cccc2C1[Si](C)C.[Cl][Zr][Cl]. The molecule has 1 unspecified atom stereocenters. The van der Waals surface area contributed by atoms with E-state index < -0.39 is 29.6 Å². The summed E-state index contributed by atoms with van der Waals surface area (Å²) in [7, 11) is 9.45. The molecule has 0 N–H and O–H groups in total. The molecular formula is C26H23Cl2SiZr. The van der Waals surface area contributed by atoms with E-state index in [-0.39, 0.29) is 0 Å². The average molecular weight is 526 g/mol. The van der Waals surface area contributed by atoms with E-state index in [2.05, 4.69) is 98.9 Å². The third kappa shape index (κ3) is 4.00. The Morgan fingerprint density at radius 1 is 0.767 bits per heavy atom. The van der Waals surface area contributed by atoms with E-state index >= 15 is 0 Å². The van der Waals surface area contributed by atoms with Crippen molar-refractivity contribution in [2.24, 2.45) is 0 Å². The van der Waals surface area contributed by atoms with Crippen LogP contribution >= 0.6 is 17.0 Å². The molecule has 1 radical (unpaired) electrons. The molecule has 5 rings (SSSR count). The van der Waals surface area contributed by atoms with Crippen LogP contribution in [0.4, 0.5) is 0 Å². The van der Waals surface area contributed by atoms with Crippen LogP contribution < -0.4 is 0 Å². The average Bonchev–Trinajstić information content (AvgIpc) is 3.10. The molecule has 0 bridgehead atoms. The summed E-state index contributed by atoms with van der Waals surface area (Å²) in [6, 6.07) is 26.9. The molecule has 0 fully saturated rings. The molecule has 4 aromatic rings. The summed E-state index contributed by atoms with van der Waals surface area (Å²) in [6.07, 6.45) is 2.44. The fraction of sp³-hybridized carbons (Fsp3) is 0.154. The number of hydrogen-bond donors (Lipinski definition) is 0. The fourth-order valence-corrected chi connectivity index (χ4v) is 6.70. The van der Waals surface area contributed by atoms with E-state index in [1.807, 2.05) is 0 Å². The van der Waals surface area contributed by atoms with Crippen LogP contribution in [-0.4, -0.2) is 8.80 Å². The van der Waals surface area contributed by atoms with Gasteiger partial charge in [-0.2, -0.15) is 0 Å². The van der Waals surface area contributed by atoms with Crippen LogP contribution in [-0.2, 0) is 20.8 Å². The van der Waals surface area contributed by atoms with Gasteiger partial charge in [-0.3, -0.25) is 0 Å². The van der Waals surface area contributed by atoms with Crippen LogP contribution in [0.5, 0.6) is 0 Å². The first kappa shape index (κ1) is 22.0. The third-order valence-electron chi connectivity index (χ3n) is 5.91. The molecule has 30 heavy (non-hydrogen) atoms. The molecule has 1 atom stereocenters. The number of fused-ring (bicyclic) bond motifs is 4. The van der Waals surface area contributed by atoms with E-state index in [1.54, 1.807) is 0 Å². The Kier molecular flexibility index (Phi) is 7.00. The van der Waals surface area contributed by atoms with E-state index in [0.717, 1.165) is 0 Å². The third-order valence-corrected chi connectivity index (χ3v) is 7.83. The van der Waals surface area contributed by atoms with Crippen molar-refractivity contribution in [2.45, 2.75) is 25.6 Å². The molecule has 0 nitrogen and oxygen atoms in total. The fourth-order valence-electron chi connectivity index (χ4n) is 4.83. The standard InChI is InChI=1S/C26H23Si.2ClH.Zr/c1-17-15-24-22(13-8-14-23(24)26(17)27(2)3)25-16-18-9-4-5-10-19(18)20-11-6-7-12-21(20)25;;;/h4-16,26H,1-3H3;2*1H;/q;;;+2/p-2. The molecule has 149 valence electrons. The van der Waals surface area contributed by atoms with Crippen LogP contribution in [0, 0.1) is 0 Å². The predicted molar refractivity (Wildman–Crippen MR) is 132 cm³/mol. The van der Waals surface area contributed by atoms with Crippen LogP contribution in [0.2, 0.25) is 13.1 Å². The van der Waals surface area contributed by atoms with Crippen LogP contribution in [0.15, 0.2) is 78.4 Å². The number of halogens is 2. The maximum atomic E-state index is 4.93. The van der Waals surface area contributed by atoms with Gasteiger partial charge >= 0.3 is 37.9 Å². The summed E-state index contributed by atoms with van der Waals surface area (Å²) in [5, 5.41) is 5.34. The zero-order valence-electron chi connectivity index (χ0n) is 17.3. The van der Waals surface area contributed by atoms with Gasteiger partial charge < -0.3 is 0 Å². The van der Waals surface area contributed by atoms with Gasteiger partial charge in [-0.25, -0.2) is 0 Å². The van der Waals surface area contributed by atoms with Gasteiger partial charge in [0.05, 0.1) is 8.80 Å². The number of allylic oxidation sites excluding steroid dienone is 1. The van der Waals surface area contributed by atoms with Crippen LogP contribution in [0.3, 0.4) is 0 Å². The number of rotatable bonds is 2. The van der Waals surface area contributed by atoms with Crippen molar-refractivity contribution in [3.63, 3.8) is 0 Å². The second-order valence-corrected chi connectivity index (χ2v) is 14.4. The van der Waals surface area contributed by atoms with Crippen molar-refractivity contribution in [1.82, 2.24) is 0 Å². The zero-order chi connectivity index (χ0) is 21.3. The summed E-state index contributed by atoms with van der Waals surface area (Å²) in [6.45, 7) is 7.17. The number of benzene rings is 4. The quantitative estimate of drug-likeness (QED) is 0.181. The molecule has 0 aliphatic heterocycles. The Hall–Kier alpha value is -1.18. The molecular weight excluding hydrogens is 503 g/mol. The molecule has 1 aliphatic carbocycles. The van der Waals surface area contributed by atoms with Gasteiger partial charge in [0, 0.05) is 0 Å². The van der Waals surface area contributed by atoms with Crippen molar-refractivity contribution >= 4 is 53.4 Å². The van der Waals surface area contributed by atoms with E-state index in [9.17, 15) is 0 Å². The minimum absolute atomic E-state index is 0.415. The minimum atomic E-state index is -0.826. The van der Waals surface area contributed by atoms with Crippen molar-refractivity contribution in [3.05, 3.63) is 89.5 Å². The van der Waals surface area contributed by atoms with Crippen LogP contribution in [0.1, 0.15) is 23.6 Å². The van der Waals surface area contributed by atoms with Gasteiger partial charge in [-0.15, -0.1) is 0 Å². The van der Waals surface area contributed by atoms with Crippen molar-refractivity contribution < 1.29 is 20.8 Å². The molecule has 4 heteroatoms. The molecule has 0 amide bonds. The van der Waals surface area contributed by atoms with Crippen molar-refractivity contribution in [2.75, 3.05) is 0 Å². The Bertz CT molecular complexity index is 1250. The molecule has 0 heterocycles. The van der Waals surface area contributed by atoms with Gasteiger partial charge in [0.25, 0.3) is 0 Å². The topological polar surface area (TPSA) is 0 Å². The first-order chi connectivity index (χ1) is 14.6. The summed E-state index contributed by atoms with van der Waals surface area (Å²) >= 11 is -0.826. The molecule has 1 aliphatic rings. The summed E-state index contributed by atoms with van der Waals surface area (Å²) in [5.74, 6) is 0. The second kappa shape index (κ2) is 9.53. The first-order valence-electron chi connectivity index (χ1n) is 10.0. The summed E-state index contributed by atoms with van der Waals surface area (Å²) in [4.78, 5) is 0. The Morgan fingerprint density at radius 2 is 1.40 bits per heavy atom. The van der Waals surface area contributed by atoms with Gasteiger partial charge in [-0.1, -0.05) is 91.5 Å². The molecule has 0 aromatic heterocycles. The Labute approximate surface area is 199 Å². The second-order valence-electron chi connectivity index (χ2n) is 7.97. The maximum absolute atomic E-state index is 4.93. The van der Waals surface area contributed by atoms with E-state index in [0.29, 0.717) is 5.54 Å². The monoisotopic (exact) mass is 523 g/mol. The molecule has 0 saturated heterocycles. The molecule has 0 saturated carbocycles. The molecule has 4 aromatic carbocycles. The van der Waals surface area contributed by atoms with Gasteiger partial charge in [0.15, 0.2) is 0 Å². The van der Waals surface area contributed by atoms with Crippen molar-refractivity contribution in [3.8, 4) is 11.1 Å². The van der Waals surface area contributed by atoms with E-state index in [1.165, 1.54) is 49.4 Å². The van der Waals surface area contributed by atoms with Crippen LogP contribution in [0.25, 0.3) is 38.7 Å². The first-order valence-corrected chi connectivity index (χ1v) is 19.0. The van der Waals surface area contributed by atoms with Gasteiger partial charge in [-0.05, 0) is 62.3 Å². The normalized spacial score (nSPS) is 15.0. The summed E-state index contributed by atoms with van der Waals surface area (Å²) < 4.78 is 0. The number of hydrogen-bond acceptors (Lipinski definition) is 0. The van der Waals surface area contributed by atoms with Crippen molar-refractivity contribution in [1.29, 1.82) is 0 Å². The molecule has 0 spiro atoms. The van der Waals surface area contributed by atoms with Gasteiger partial charge in [0.1, 0.15) is 0 Å². The Morgan fingerprint density at radius 3 is 2.10 bits per heavy atom. The van der Waals surface area contributed by atoms with E-state index in [4.69, 9.17) is 17.0 Å². The van der Waals surface area contributed by atoms with Gasteiger partial charge in [0.2, 0.25) is 0 Å². The predicted octanol–water partition coefficient (Wildman–Crippen LogP) is 8.83. The zero-order valence-corrected chi connectivity index (χ0v) is 22.3. The summed E-state index contributed by atoms with van der Waals surface area (Å²) in [5.41, 5.74) is 7.86.